The maximum absolute atomic E-state index is 14.0. The Morgan fingerprint density at radius 3 is 1.15 bits per heavy atom. The van der Waals surface area contributed by atoms with Crippen LogP contribution in [0.15, 0.2) is 170 Å². The van der Waals surface area contributed by atoms with Crippen molar-refractivity contribution in [2.45, 2.75) is 15.0 Å². The van der Waals surface area contributed by atoms with Gasteiger partial charge in [-0.2, -0.15) is 13.2 Å². The third-order valence-electron chi connectivity index (χ3n) is 8.86. The monoisotopic (exact) mass is 774 g/mol. The Hall–Kier alpha value is -5.43. The molecule has 0 aliphatic rings. The molecular formula is C42H37F3O7S2. The van der Waals surface area contributed by atoms with E-state index in [1.165, 1.54) is 98.3 Å². The van der Waals surface area contributed by atoms with Gasteiger partial charge in [-0.3, -0.25) is 0 Å². The van der Waals surface area contributed by atoms with Gasteiger partial charge in [0, 0.05) is 13.4 Å². The van der Waals surface area contributed by atoms with Gasteiger partial charge in [0.05, 0.1) is 0 Å². The van der Waals surface area contributed by atoms with Gasteiger partial charge in [-0.1, -0.05) is 146 Å². The summed E-state index contributed by atoms with van der Waals surface area (Å²) >= 11 is 0. The van der Waals surface area contributed by atoms with Crippen LogP contribution in [-0.2, 0) is 33.9 Å². The molecule has 0 aliphatic heterocycles. The SMILES string of the molecule is COCOc1ccc(C(c2ccccc2)(c2ccccc2)S(=O)(=O)C(F)(F)F)cc1.CS(=O)(=O)C(c1ccccc1)(c1ccccc1)c1ccc(O)cc1. The molecule has 0 fully saturated rings. The second-order valence-electron chi connectivity index (χ2n) is 12.2. The molecule has 12 heteroatoms. The van der Waals surface area contributed by atoms with Crippen molar-refractivity contribution in [1.29, 1.82) is 0 Å². The van der Waals surface area contributed by atoms with Crippen LogP contribution >= 0.6 is 0 Å². The van der Waals surface area contributed by atoms with Crippen LogP contribution in [0, 0.1) is 0 Å². The molecule has 6 aromatic carbocycles. The number of halogens is 3. The fourth-order valence-electron chi connectivity index (χ4n) is 6.58. The molecule has 1 N–H and O–H groups in total. The van der Waals surface area contributed by atoms with E-state index in [9.17, 15) is 35.1 Å². The first kappa shape index (κ1) is 39.8. The molecule has 6 aromatic rings. The van der Waals surface area contributed by atoms with E-state index in [1.54, 1.807) is 24.3 Å². The summed E-state index contributed by atoms with van der Waals surface area (Å²) in [6, 6.07) is 45.0. The highest BCUT2D eigenvalue weighted by Crippen LogP contribution is 2.50. The zero-order chi connectivity index (χ0) is 39.0. The third kappa shape index (κ3) is 7.50. The highest BCUT2D eigenvalue weighted by Gasteiger charge is 2.62. The van der Waals surface area contributed by atoms with Crippen LogP contribution in [0.2, 0.25) is 0 Å². The quantitative estimate of drug-likeness (QED) is 0.104. The Morgan fingerprint density at radius 2 is 0.815 bits per heavy atom. The van der Waals surface area contributed by atoms with E-state index < -0.39 is 34.7 Å². The summed E-state index contributed by atoms with van der Waals surface area (Å²) in [5.41, 5.74) is -3.64. The van der Waals surface area contributed by atoms with E-state index in [1.807, 2.05) is 60.7 Å². The molecule has 0 saturated carbocycles. The van der Waals surface area contributed by atoms with Crippen molar-refractivity contribution < 1.29 is 44.6 Å². The molecule has 0 aliphatic carbocycles. The highest BCUT2D eigenvalue weighted by molar-refractivity contribution is 7.93. The highest BCUT2D eigenvalue weighted by atomic mass is 32.2. The summed E-state index contributed by atoms with van der Waals surface area (Å²) in [5.74, 6) is 0.433. The predicted molar refractivity (Wildman–Crippen MR) is 202 cm³/mol. The number of phenols is 1. The fourth-order valence-corrected chi connectivity index (χ4v) is 9.96. The molecular weight excluding hydrogens is 738 g/mol. The van der Waals surface area contributed by atoms with Crippen molar-refractivity contribution in [2.75, 3.05) is 20.2 Å². The predicted octanol–water partition coefficient (Wildman–Crippen LogP) is 8.62. The zero-order valence-corrected chi connectivity index (χ0v) is 30.9. The number of ether oxygens (including phenoxy) is 2. The topological polar surface area (TPSA) is 107 Å². The van der Waals surface area contributed by atoms with Gasteiger partial charge in [0.2, 0.25) is 0 Å². The van der Waals surface area contributed by atoms with E-state index in [0.29, 0.717) is 22.4 Å². The Morgan fingerprint density at radius 1 is 0.500 bits per heavy atom. The molecule has 0 bridgehead atoms. The van der Waals surface area contributed by atoms with E-state index >= 15 is 0 Å². The first-order valence-electron chi connectivity index (χ1n) is 16.5. The fraction of sp³-hybridized carbons (Fsp3) is 0.143. The van der Waals surface area contributed by atoms with E-state index in [-0.39, 0.29) is 29.2 Å². The normalized spacial score (nSPS) is 12.3. The van der Waals surface area contributed by atoms with Gasteiger partial charge in [0.15, 0.2) is 21.4 Å². The summed E-state index contributed by atoms with van der Waals surface area (Å²) in [6.45, 7) is -0.0529. The molecule has 7 nitrogen and oxygen atoms in total. The van der Waals surface area contributed by atoms with Crippen LogP contribution in [0.3, 0.4) is 0 Å². The molecule has 280 valence electrons. The third-order valence-corrected chi connectivity index (χ3v) is 12.8. The first-order chi connectivity index (χ1) is 25.7. The van der Waals surface area contributed by atoms with Gasteiger partial charge in [-0.05, 0) is 57.6 Å². The first-order valence-corrected chi connectivity index (χ1v) is 19.8. The lowest BCUT2D eigenvalue weighted by atomic mass is 9.84. The average Bonchev–Trinajstić information content (AvgIpc) is 3.17. The lowest BCUT2D eigenvalue weighted by molar-refractivity contribution is -0.0451. The Bertz CT molecular complexity index is 2240. The van der Waals surface area contributed by atoms with E-state index in [0.717, 1.165) is 0 Å². The number of alkyl halides is 3. The minimum atomic E-state index is -5.75. The molecule has 0 radical (unpaired) electrons. The van der Waals surface area contributed by atoms with Gasteiger partial charge in [0.1, 0.15) is 16.2 Å². The van der Waals surface area contributed by atoms with Crippen LogP contribution in [0.5, 0.6) is 11.5 Å². The van der Waals surface area contributed by atoms with E-state index in [4.69, 9.17) is 9.47 Å². The van der Waals surface area contributed by atoms with Crippen LogP contribution in [0.25, 0.3) is 0 Å². The maximum Gasteiger partial charge on any atom is 0.498 e. The van der Waals surface area contributed by atoms with Gasteiger partial charge in [-0.25, -0.2) is 16.8 Å². The number of methoxy groups -OCH3 is 1. The van der Waals surface area contributed by atoms with Crippen LogP contribution in [-0.4, -0.2) is 47.6 Å². The van der Waals surface area contributed by atoms with Crippen molar-refractivity contribution in [2.24, 2.45) is 0 Å². The zero-order valence-electron chi connectivity index (χ0n) is 29.2. The summed E-state index contributed by atoms with van der Waals surface area (Å²) in [7, 11) is -7.90. The summed E-state index contributed by atoms with van der Waals surface area (Å²) in [4.78, 5) is 0. The standard InChI is InChI=1S/C22H19F3O4S.C20H18O3S/c1-28-16-29-20-14-12-19(13-15-20)21(17-8-4-2-5-9-17,18-10-6-3-7-11-18)30(26,27)22(23,24)25;1-24(22,23)20(16-8-4-2-5-9-16,17-10-6-3-7-11-17)18-12-14-19(21)15-13-18/h2-15H,16H2,1H3;2-15,21H,1H3. The Balaban J connectivity index is 0.000000213. The van der Waals surface area contributed by atoms with Gasteiger partial charge in [-0.15, -0.1) is 0 Å². The van der Waals surface area contributed by atoms with Crippen molar-refractivity contribution in [1.82, 2.24) is 0 Å². The minimum Gasteiger partial charge on any atom is -0.508 e. The van der Waals surface area contributed by atoms with Crippen molar-refractivity contribution >= 4 is 19.7 Å². The smallest absolute Gasteiger partial charge is 0.498 e. The molecule has 0 unspecified atom stereocenters. The number of hydrogen-bond donors (Lipinski definition) is 1. The van der Waals surface area contributed by atoms with Crippen molar-refractivity contribution in [3.63, 3.8) is 0 Å². The second kappa shape index (κ2) is 16.3. The number of rotatable bonds is 11. The largest absolute Gasteiger partial charge is 0.508 e. The molecule has 54 heavy (non-hydrogen) atoms. The number of aromatic hydroxyl groups is 1. The minimum absolute atomic E-state index is 0.0147. The molecule has 0 heterocycles. The molecule has 0 aromatic heterocycles. The summed E-state index contributed by atoms with van der Waals surface area (Å²) < 4.78 is 101. The van der Waals surface area contributed by atoms with Gasteiger partial charge in [0.25, 0.3) is 9.84 Å². The average molecular weight is 775 g/mol. The van der Waals surface area contributed by atoms with Gasteiger partial charge < -0.3 is 14.6 Å². The number of benzene rings is 6. The molecule has 0 amide bonds. The molecule has 6 rings (SSSR count). The van der Waals surface area contributed by atoms with Crippen LogP contribution in [0.4, 0.5) is 13.2 Å². The number of phenolic OH excluding ortho intramolecular Hbond substituents is 1. The lowest BCUT2D eigenvalue weighted by Gasteiger charge is -2.35. The van der Waals surface area contributed by atoms with Crippen LogP contribution < -0.4 is 4.74 Å². The summed E-state index contributed by atoms with van der Waals surface area (Å²) in [6.07, 6.45) is 1.25. The Labute approximate surface area is 313 Å². The Kier molecular flexibility index (Phi) is 12.0. The van der Waals surface area contributed by atoms with E-state index in [2.05, 4.69) is 0 Å². The van der Waals surface area contributed by atoms with Crippen molar-refractivity contribution in [3.05, 3.63) is 203 Å². The number of hydrogen-bond acceptors (Lipinski definition) is 7. The van der Waals surface area contributed by atoms with Crippen LogP contribution in [0.1, 0.15) is 33.4 Å². The van der Waals surface area contributed by atoms with Crippen molar-refractivity contribution in [3.8, 4) is 11.5 Å². The molecule has 0 atom stereocenters. The second-order valence-corrected chi connectivity index (χ2v) is 16.4. The number of sulfone groups is 2. The summed E-state index contributed by atoms with van der Waals surface area (Å²) in [5, 5.41) is 9.62. The maximum atomic E-state index is 14.0. The molecule has 0 spiro atoms. The lowest BCUT2D eigenvalue weighted by Crippen LogP contribution is -2.45. The molecule has 0 saturated heterocycles. The van der Waals surface area contributed by atoms with Gasteiger partial charge >= 0.3 is 5.51 Å².